The van der Waals surface area contributed by atoms with Gasteiger partial charge in [0.15, 0.2) is 0 Å². The van der Waals surface area contributed by atoms with Gasteiger partial charge in [-0.1, -0.05) is 24.6 Å². The van der Waals surface area contributed by atoms with Gasteiger partial charge in [0.05, 0.1) is 5.01 Å². The van der Waals surface area contributed by atoms with Crippen LogP contribution in [0.5, 0.6) is 5.75 Å². The fourth-order valence-electron chi connectivity index (χ4n) is 1.70. The monoisotopic (exact) mass is 282 g/mol. The van der Waals surface area contributed by atoms with Gasteiger partial charge >= 0.3 is 0 Å². The molecule has 0 spiro atoms. The quantitative estimate of drug-likeness (QED) is 0.883. The minimum atomic E-state index is 0.233. The van der Waals surface area contributed by atoms with Crippen molar-refractivity contribution in [1.82, 2.24) is 10.3 Å². The standard InChI is InChI=1S/C13H15ClN2OS/c1-9(13-16-5-6-18-13)7-15-8-10-11(14)3-2-4-12(10)17/h2-6,9,15,17H,7-8H2,1H3. The Morgan fingerprint density at radius 1 is 1.50 bits per heavy atom. The first-order chi connectivity index (χ1) is 8.68. The van der Waals surface area contributed by atoms with Gasteiger partial charge in [0.25, 0.3) is 0 Å². The zero-order valence-corrected chi connectivity index (χ0v) is 11.6. The van der Waals surface area contributed by atoms with Gasteiger partial charge < -0.3 is 10.4 Å². The zero-order valence-electron chi connectivity index (χ0n) is 10.1. The van der Waals surface area contributed by atoms with Crippen molar-refractivity contribution >= 4 is 22.9 Å². The van der Waals surface area contributed by atoms with Crippen LogP contribution < -0.4 is 5.32 Å². The number of nitrogens with one attached hydrogen (secondary N) is 1. The molecule has 3 nitrogen and oxygen atoms in total. The molecule has 2 N–H and O–H groups in total. The summed E-state index contributed by atoms with van der Waals surface area (Å²) >= 11 is 7.69. The van der Waals surface area contributed by atoms with Gasteiger partial charge in [-0.2, -0.15) is 0 Å². The number of aromatic hydroxyl groups is 1. The Labute approximate surface area is 115 Å². The summed E-state index contributed by atoms with van der Waals surface area (Å²) in [6.45, 7) is 3.48. The first-order valence-electron chi connectivity index (χ1n) is 5.75. The average molecular weight is 283 g/mol. The molecule has 0 radical (unpaired) electrons. The topological polar surface area (TPSA) is 45.1 Å². The van der Waals surface area contributed by atoms with E-state index in [-0.39, 0.29) is 5.75 Å². The summed E-state index contributed by atoms with van der Waals surface area (Å²) in [6, 6.07) is 5.16. The molecule has 0 fully saturated rings. The summed E-state index contributed by atoms with van der Waals surface area (Å²) in [5, 5.41) is 16.7. The van der Waals surface area contributed by atoms with Crippen LogP contribution in [0.1, 0.15) is 23.4 Å². The minimum Gasteiger partial charge on any atom is -0.508 e. The number of phenolic OH excluding ortho intramolecular Hbond substituents is 1. The Kier molecular flexibility index (Phi) is 4.58. The van der Waals surface area contributed by atoms with Crippen LogP contribution in [0.3, 0.4) is 0 Å². The van der Waals surface area contributed by atoms with E-state index in [1.807, 2.05) is 11.6 Å². The highest BCUT2D eigenvalue weighted by Gasteiger charge is 2.09. The molecule has 0 aliphatic carbocycles. The highest BCUT2D eigenvalue weighted by Crippen LogP contribution is 2.25. The van der Waals surface area contributed by atoms with E-state index in [4.69, 9.17) is 11.6 Å². The van der Waals surface area contributed by atoms with E-state index in [0.717, 1.165) is 17.1 Å². The van der Waals surface area contributed by atoms with Crippen LogP contribution in [-0.2, 0) is 6.54 Å². The maximum atomic E-state index is 9.71. The van der Waals surface area contributed by atoms with Gasteiger partial charge in [-0.3, -0.25) is 0 Å². The first kappa shape index (κ1) is 13.3. The van der Waals surface area contributed by atoms with Gasteiger partial charge in [0.2, 0.25) is 0 Å². The molecule has 5 heteroatoms. The Hall–Kier alpha value is -1.10. The second kappa shape index (κ2) is 6.18. The van der Waals surface area contributed by atoms with Gasteiger partial charge in [-0.25, -0.2) is 4.98 Å². The van der Waals surface area contributed by atoms with E-state index in [1.54, 1.807) is 29.5 Å². The van der Waals surface area contributed by atoms with Crippen molar-refractivity contribution in [3.8, 4) is 5.75 Å². The third kappa shape index (κ3) is 3.22. The summed E-state index contributed by atoms with van der Waals surface area (Å²) < 4.78 is 0. The average Bonchev–Trinajstić information content (AvgIpc) is 2.86. The molecule has 0 saturated carbocycles. The lowest BCUT2D eigenvalue weighted by molar-refractivity contribution is 0.463. The number of hydrogen-bond acceptors (Lipinski definition) is 4. The minimum absolute atomic E-state index is 0.233. The third-order valence-electron chi connectivity index (χ3n) is 2.72. The Bertz CT molecular complexity index is 481. The van der Waals surface area contributed by atoms with Crippen molar-refractivity contribution in [2.45, 2.75) is 19.4 Å². The van der Waals surface area contributed by atoms with E-state index in [0.29, 0.717) is 17.5 Å². The summed E-state index contributed by atoms with van der Waals surface area (Å²) in [5.41, 5.74) is 0.741. The summed E-state index contributed by atoms with van der Waals surface area (Å²) in [4.78, 5) is 4.28. The highest BCUT2D eigenvalue weighted by atomic mass is 35.5. The zero-order chi connectivity index (χ0) is 13.0. The molecule has 1 unspecified atom stereocenters. The number of nitrogens with zero attached hydrogens (tertiary/aromatic N) is 1. The van der Waals surface area contributed by atoms with Gasteiger partial charge in [-0.15, -0.1) is 11.3 Å². The predicted octanol–water partition coefficient (Wildman–Crippen LogP) is 3.40. The molecule has 1 aromatic carbocycles. The molecule has 2 aromatic rings. The molecule has 18 heavy (non-hydrogen) atoms. The molecule has 0 saturated heterocycles. The number of rotatable bonds is 5. The lowest BCUT2D eigenvalue weighted by atomic mass is 10.1. The second-order valence-electron chi connectivity index (χ2n) is 4.14. The first-order valence-corrected chi connectivity index (χ1v) is 7.00. The molecule has 1 atom stereocenters. The van der Waals surface area contributed by atoms with Crippen LogP contribution in [0, 0.1) is 0 Å². The highest BCUT2D eigenvalue weighted by molar-refractivity contribution is 7.09. The molecule has 1 heterocycles. The Balaban J connectivity index is 1.89. The van der Waals surface area contributed by atoms with Crippen molar-refractivity contribution in [3.05, 3.63) is 45.4 Å². The second-order valence-corrected chi connectivity index (χ2v) is 5.47. The molecular weight excluding hydrogens is 268 g/mol. The van der Waals surface area contributed by atoms with Gasteiger partial charge in [0, 0.05) is 41.2 Å². The van der Waals surface area contributed by atoms with E-state index in [9.17, 15) is 5.11 Å². The number of halogens is 1. The smallest absolute Gasteiger partial charge is 0.121 e. The maximum absolute atomic E-state index is 9.71. The van der Waals surface area contributed by atoms with Gasteiger partial charge in [-0.05, 0) is 12.1 Å². The lowest BCUT2D eigenvalue weighted by Crippen LogP contribution is -2.19. The van der Waals surface area contributed by atoms with Crippen molar-refractivity contribution in [2.24, 2.45) is 0 Å². The molecule has 96 valence electrons. The van der Waals surface area contributed by atoms with E-state index in [2.05, 4.69) is 17.2 Å². The summed E-state index contributed by atoms with van der Waals surface area (Å²) in [6.07, 6.45) is 1.82. The maximum Gasteiger partial charge on any atom is 0.121 e. The number of benzene rings is 1. The van der Waals surface area contributed by atoms with E-state index in [1.165, 1.54) is 0 Å². The molecule has 0 amide bonds. The fraction of sp³-hybridized carbons (Fsp3) is 0.308. The Morgan fingerprint density at radius 2 is 2.33 bits per heavy atom. The van der Waals surface area contributed by atoms with Crippen LogP contribution >= 0.6 is 22.9 Å². The van der Waals surface area contributed by atoms with Gasteiger partial charge in [0.1, 0.15) is 5.75 Å². The molecule has 2 rings (SSSR count). The van der Waals surface area contributed by atoms with Crippen LogP contribution in [0.25, 0.3) is 0 Å². The fourth-order valence-corrected chi connectivity index (χ4v) is 2.64. The number of hydrogen-bond donors (Lipinski definition) is 2. The molecule has 0 aliphatic heterocycles. The Morgan fingerprint density at radius 3 is 3.00 bits per heavy atom. The lowest BCUT2D eigenvalue weighted by Gasteiger charge is -2.11. The SMILES string of the molecule is CC(CNCc1c(O)cccc1Cl)c1nccs1. The van der Waals surface area contributed by atoms with E-state index >= 15 is 0 Å². The molecule has 1 aromatic heterocycles. The number of phenols is 1. The number of thiazole rings is 1. The molecule has 0 aliphatic rings. The summed E-state index contributed by atoms with van der Waals surface area (Å²) in [7, 11) is 0. The summed E-state index contributed by atoms with van der Waals surface area (Å²) in [5.74, 6) is 0.589. The number of aromatic nitrogens is 1. The van der Waals surface area contributed by atoms with Crippen molar-refractivity contribution in [2.75, 3.05) is 6.54 Å². The normalized spacial score (nSPS) is 12.6. The molecule has 0 bridgehead atoms. The van der Waals surface area contributed by atoms with Crippen molar-refractivity contribution < 1.29 is 5.11 Å². The van der Waals surface area contributed by atoms with Crippen molar-refractivity contribution in [1.29, 1.82) is 0 Å². The van der Waals surface area contributed by atoms with Crippen LogP contribution in [0.2, 0.25) is 5.02 Å². The third-order valence-corrected chi connectivity index (χ3v) is 4.08. The van der Waals surface area contributed by atoms with Crippen molar-refractivity contribution in [3.63, 3.8) is 0 Å². The molecular formula is C13H15ClN2OS. The van der Waals surface area contributed by atoms with Crippen LogP contribution in [0.4, 0.5) is 0 Å². The van der Waals surface area contributed by atoms with E-state index < -0.39 is 0 Å². The largest absolute Gasteiger partial charge is 0.508 e. The van der Waals surface area contributed by atoms with Crippen LogP contribution in [0.15, 0.2) is 29.8 Å². The van der Waals surface area contributed by atoms with Crippen LogP contribution in [-0.4, -0.2) is 16.6 Å². The predicted molar refractivity (Wildman–Crippen MR) is 75.4 cm³/mol.